The van der Waals surface area contributed by atoms with E-state index < -0.39 is 29.3 Å². The second kappa shape index (κ2) is 10.00. The summed E-state index contributed by atoms with van der Waals surface area (Å²) in [5, 5.41) is 19.7. The predicted octanol–water partition coefficient (Wildman–Crippen LogP) is 5.30. The standard InChI is InChI=1S/C26H19FN4O3S2/c1-15-2-4-16(5-3-15)14-35-26-30-29-25(36-26)31-21(17-10-12-28-13-11-17)20(23(33)24(31)34)22(32)18-6-8-19(27)9-7-18/h2-13,21,32H,14H2,1H3/b22-20+. The van der Waals surface area contributed by atoms with Crippen LogP contribution in [0.4, 0.5) is 9.52 Å². The number of Topliss-reactive ketones (excluding diaryl/α,β-unsaturated/α-hetero) is 1. The molecule has 3 heterocycles. The zero-order chi connectivity index (χ0) is 25.2. The summed E-state index contributed by atoms with van der Waals surface area (Å²) in [5.41, 5.74) is 2.98. The Hall–Kier alpha value is -3.89. The number of rotatable bonds is 6. The Balaban J connectivity index is 1.51. The molecule has 1 unspecified atom stereocenters. The average molecular weight is 519 g/mol. The van der Waals surface area contributed by atoms with Crippen LogP contribution in [0.5, 0.6) is 0 Å². The van der Waals surface area contributed by atoms with Crippen molar-refractivity contribution in [1.29, 1.82) is 0 Å². The lowest BCUT2D eigenvalue weighted by Gasteiger charge is -2.22. The number of aliphatic hydroxyl groups excluding tert-OH is 1. The molecule has 2 aromatic heterocycles. The van der Waals surface area contributed by atoms with Crippen molar-refractivity contribution in [1.82, 2.24) is 15.2 Å². The maximum atomic E-state index is 13.4. The van der Waals surface area contributed by atoms with Crippen LogP contribution in [0.3, 0.4) is 0 Å². The van der Waals surface area contributed by atoms with Crippen LogP contribution in [-0.4, -0.2) is 32.0 Å². The topological polar surface area (TPSA) is 96.3 Å². The van der Waals surface area contributed by atoms with Crippen molar-refractivity contribution in [2.45, 2.75) is 23.1 Å². The number of carbonyl (C=O) groups is 2. The molecule has 2 aromatic carbocycles. The number of hydrogen-bond donors (Lipinski definition) is 1. The zero-order valence-corrected chi connectivity index (χ0v) is 20.6. The fourth-order valence-corrected chi connectivity index (χ4v) is 5.67. The molecule has 1 aliphatic heterocycles. The van der Waals surface area contributed by atoms with Gasteiger partial charge in [-0.3, -0.25) is 19.5 Å². The zero-order valence-electron chi connectivity index (χ0n) is 19.0. The van der Waals surface area contributed by atoms with Gasteiger partial charge in [-0.25, -0.2) is 4.39 Å². The molecule has 0 bridgehead atoms. The van der Waals surface area contributed by atoms with Crippen molar-refractivity contribution >= 4 is 45.7 Å². The molecule has 1 saturated heterocycles. The second-order valence-corrected chi connectivity index (χ2v) is 10.3. The summed E-state index contributed by atoms with van der Waals surface area (Å²) in [4.78, 5) is 31.6. The van der Waals surface area contributed by atoms with Crippen LogP contribution in [0.25, 0.3) is 5.76 Å². The number of benzene rings is 2. The number of pyridine rings is 1. The van der Waals surface area contributed by atoms with Gasteiger partial charge in [0.05, 0.1) is 11.6 Å². The van der Waals surface area contributed by atoms with E-state index in [4.69, 9.17) is 0 Å². The molecule has 1 atom stereocenters. The average Bonchev–Trinajstić information content (AvgIpc) is 3.46. The molecule has 0 aliphatic carbocycles. The van der Waals surface area contributed by atoms with Crippen molar-refractivity contribution in [3.8, 4) is 0 Å². The normalized spacial score (nSPS) is 17.1. The van der Waals surface area contributed by atoms with E-state index in [-0.39, 0.29) is 16.3 Å². The van der Waals surface area contributed by atoms with Crippen LogP contribution < -0.4 is 4.90 Å². The van der Waals surface area contributed by atoms with E-state index in [1.807, 2.05) is 31.2 Å². The number of halogens is 1. The SMILES string of the molecule is Cc1ccc(CSc2nnc(N3C(=O)C(=O)/C(=C(/O)c4ccc(F)cc4)C3c3ccncc3)s2)cc1. The highest BCUT2D eigenvalue weighted by molar-refractivity contribution is 8.00. The smallest absolute Gasteiger partial charge is 0.301 e. The van der Waals surface area contributed by atoms with Gasteiger partial charge in [0.2, 0.25) is 5.13 Å². The Bertz CT molecular complexity index is 1450. The third-order valence-corrected chi connectivity index (χ3v) is 7.80. The molecule has 0 spiro atoms. The summed E-state index contributed by atoms with van der Waals surface area (Å²) in [7, 11) is 0. The van der Waals surface area contributed by atoms with Gasteiger partial charge in [-0.15, -0.1) is 10.2 Å². The highest BCUT2D eigenvalue weighted by Gasteiger charge is 2.48. The Morgan fingerprint density at radius 2 is 1.72 bits per heavy atom. The summed E-state index contributed by atoms with van der Waals surface area (Å²) in [6.07, 6.45) is 3.08. The van der Waals surface area contributed by atoms with Crippen LogP contribution in [0, 0.1) is 12.7 Å². The highest BCUT2D eigenvalue weighted by atomic mass is 32.2. The molecule has 0 saturated carbocycles. The lowest BCUT2D eigenvalue weighted by atomic mass is 9.96. The third-order valence-electron chi connectivity index (χ3n) is 5.67. The van der Waals surface area contributed by atoms with Gasteiger partial charge >= 0.3 is 5.91 Å². The molecule has 4 aromatic rings. The van der Waals surface area contributed by atoms with Crippen molar-refractivity contribution in [3.05, 3.63) is 107 Å². The van der Waals surface area contributed by atoms with Gasteiger partial charge in [-0.2, -0.15) is 0 Å². The first kappa shape index (κ1) is 23.8. The van der Waals surface area contributed by atoms with E-state index in [1.54, 1.807) is 12.1 Å². The van der Waals surface area contributed by atoms with Gasteiger partial charge in [0.1, 0.15) is 11.6 Å². The van der Waals surface area contributed by atoms with Gasteiger partial charge in [0.15, 0.2) is 4.34 Å². The quantitative estimate of drug-likeness (QED) is 0.122. The Labute approximate surface area is 214 Å². The molecule has 7 nitrogen and oxygen atoms in total. The van der Waals surface area contributed by atoms with Gasteiger partial charge < -0.3 is 5.11 Å². The maximum absolute atomic E-state index is 13.4. The summed E-state index contributed by atoms with van der Waals surface area (Å²) in [6, 6.07) is 15.6. The van der Waals surface area contributed by atoms with Crippen LogP contribution in [0.15, 0.2) is 83.0 Å². The number of thioether (sulfide) groups is 1. The number of amides is 1. The van der Waals surface area contributed by atoms with E-state index >= 15 is 0 Å². The largest absolute Gasteiger partial charge is 0.507 e. The Kier molecular flexibility index (Phi) is 6.62. The minimum Gasteiger partial charge on any atom is -0.507 e. The first-order valence-electron chi connectivity index (χ1n) is 10.9. The van der Waals surface area contributed by atoms with Crippen molar-refractivity contribution in [2.24, 2.45) is 0 Å². The van der Waals surface area contributed by atoms with Gasteiger partial charge in [0.25, 0.3) is 5.78 Å². The summed E-state index contributed by atoms with van der Waals surface area (Å²) in [5.74, 6) is -1.89. The number of carbonyl (C=O) groups excluding carboxylic acids is 2. The van der Waals surface area contributed by atoms with Crippen LogP contribution >= 0.6 is 23.1 Å². The third kappa shape index (κ3) is 4.65. The van der Waals surface area contributed by atoms with E-state index in [2.05, 4.69) is 15.2 Å². The predicted molar refractivity (Wildman–Crippen MR) is 136 cm³/mol. The molecule has 180 valence electrons. The van der Waals surface area contributed by atoms with Crippen molar-refractivity contribution in [2.75, 3.05) is 4.90 Å². The first-order valence-corrected chi connectivity index (χ1v) is 12.7. The number of hydrogen-bond acceptors (Lipinski definition) is 8. The number of aliphatic hydroxyl groups is 1. The van der Waals surface area contributed by atoms with E-state index in [0.29, 0.717) is 15.7 Å². The van der Waals surface area contributed by atoms with E-state index in [9.17, 15) is 19.1 Å². The number of anilines is 1. The molecular formula is C26H19FN4O3S2. The molecule has 5 rings (SSSR count). The monoisotopic (exact) mass is 518 g/mol. The minimum atomic E-state index is -0.944. The molecule has 10 heteroatoms. The minimum absolute atomic E-state index is 0.109. The van der Waals surface area contributed by atoms with Crippen molar-refractivity contribution in [3.63, 3.8) is 0 Å². The molecule has 0 radical (unpaired) electrons. The Morgan fingerprint density at radius 3 is 2.42 bits per heavy atom. The molecule has 36 heavy (non-hydrogen) atoms. The molecular weight excluding hydrogens is 499 g/mol. The molecule has 1 aliphatic rings. The van der Waals surface area contributed by atoms with Gasteiger partial charge in [0, 0.05) is 23.7 Å². The first-order chi connectivity index (χ1) is 17.4. The highest BCUT2D eigenvalue weighted by Crippen LogP contribution is 2.43. The van der Waals surface area contributed by atoms with Crippen molar-refractivity contribution < 1.29 is 19.1 Å². The maximum Gasteiger partial charge on any atom is 0.301 e. The fourth-order valence-electron chi connectivity index (χ4n) is 3.84. The lowest BCUT2D eigenvalue weighted by Crippen LogP contribution is -2.29. The van der Waals surface area contributed by atoms with E-state index in [1.165, 1.54) is 70.2 Å². The van der Waals surface area contributed by atoms with Gasteiger partial charge in [-0.1, -0.05) is 52.9 Å². The second-order valence-electron chi connectivity index (χ2n) is 8.08. The fraction of sp³-hybridized carbons (Fsp3) is 0.115. The molecule has 1 amide bonds. The lowest BCUT2D eigenvalue weighted by molar-refractivity contribution is -0.132. The summed E-state index contributed by atoms with van der Waals surface area (Å²) >= 11 is 2.67. The molecule has 1 N–H and O–H groups in total. The van der Waals surface area contributed by atoms with Crippen LogP contribution in [0.1, 0.15) is 28.3 Å². The molecule has 1 fully saturated rings. The summed E-state index contributed by atoms with van der Waals surface area (Å²) < 4.78 is 14.1. The van der Waals surface area contributed by atoms with Crippen LogP contribution in [-0.2, 0) is 15.3 Å². The van der Waals surface area contributed by atoms with Gasteiger partial charge in [-0.05, 0) is 54.4 Å². The van der Waals surface area contributed by atoms with E-state index in [0.717, 1.165) is 5.56 Å². The number of ketones is 1. The number of nitrogens with zero attached hydrogens (tertiary/aromatic N) is 4. The number of aryl methyl sites for hydroxylation is 1. The Morgan fingerprint density at radius 1 is 1.03 bits per heavy atom. The van der Waals surface area contributed by atoms with Crippen LogP contribution in [0.2, 0.25) is 0 Å². The summed E-state index contributed by atoms with van der Waals surface area (Å²) in [6.45, 7) is 2.03. The number of aromatic nitrogens is 3.